The molecule has 27 heavy (non-hydrogen) atoms. The number of nitrogens with one attached hydrogen (secondary N) is 2. The van der Waals surface area contributed by atoms with Crippen molar-refractivity contribution in [3.8, 4) is 11.5 Å². The van der Waals surface area contributed by atoms with E-state index in [0.29, 0.717) is 5.65 Å². The highest BCUT2D eigenvalue weighted by molar-refractivity contribution is 5.92. The Morgan fingerprint density at radius 1 is 1.26 bits per heavy atom. The fraction of sp³-hybridized carbons (Fsp3) is 0.238. The van der Waals surface area contributed by atoms with E-state index in [4.69, 9.17) is 4.98 Å². The summed E-state index contributed by atoms with van der Waals surface area (Å²) >= 11 is 0. The summed E-state index contributed by atoms with van der Waals surface area (Å²) in [4.78, 5) is 16.9. The Balaban J connectivity index is 1.72. The van der Waals surface area contributed by atoms with Gasteiger partial charge in [-0.15, -0.1) is 0 Å². The van der Waals surface area contributed by atoms with Gasteiger partial charge in [-0.2, -0.15) is 5.10 Å². The highest BCUT2D eigenvalue weighted by Crippen LogP contribution is 2.28. The Morgan fingerprint density at radius 3 is 3.07 bits per heavy atom. The minimum absolute atomic E-state index is 0.689. The van der Waals surface area contributed by atoms with E-state index in [1.165, 1.54) is 5.57 Å². The highest BCUT2D eigenvalue weighted by Gasteiger charge is 2.15. The third-order valence-corrected chi connectivity index (χ3v) is 4.60. The Kier molecular flexibility index (Phi) is 4.78. The van der Waals surface area contributed by atoms with Gasteiger partial charge < -0.3 is 4.98 Å². The summed E-state index contributed by atoms with van der Waals surface area (Å²) in [6.07, 6.45) is 16.5. The fourth-order valence-electron chi connectivity index (χ4n) is 3.13. The number of pyridine rings is 1. The molecule has 136 valence electrons. The second kappa shape index (κ2) is 7.53. The van der Waals surface area contributed by atoms with Gasteiger partial charge in [-0.1, -0.05) is 25.2 Å². The summed E-state index contributed by atoms with van der Waals surface area (Å²) in [5.41, 5.74) is 5.92. The molecular weight excluding hydrogens is 336 g/mol. The minimum Gasteiger partial charge on any atom is -0.341 e. The zero-order valence-corrected chi connectivity index (χ0v) is 15.5. The summed E-state index contributed by atoms with van der Waals surface area (Å²) in [7, 11) is 0. The lowest BCUT2D eigenvalue weighted by Gasteiger charge is -2.03. The van der Waals surface area contributed by atoms with E-state index in [2.05, 4.69) is 63.3 Å². The van der Waals surface area contributed by atoms with Crippen LogP contribution in [0.3, 0.4) is 0 Å². The summed E-state index contributed by atoms with van der Waals surface area (Å²) in [6, 6.07) is 2.12. The molecule has 0 atom stereocenters. The maximum atomic E-state index is 4.78. The summed E-state index contributed by atoms with van der Waals surface area (Å²) in [6.45, 7) is 4.18. The minimum atomic E-state index is 0.689. The Bertz CT molecular complexity index is 1080. The number of aromatic amines is 2. The van der Waals surface area contributed by atoms with Crippen molar-refractivity contribution >= 4 is 22.8 Å². The average molecular weight is 358 g/mol. The van der Waals surface area contributed by atoms with Crippen LogP contribution in [0.4, 0.5) is 0 Å². The summed E-state index contributed by atoms with van der Waals surface area (Å²) in [5, 5.41) is 8.40. The lowest BCUT2D eigenvalue weighted by Crippen LogP contribution is -1.89. The van der Waals surface area contributed by atoms with Gasteiger partial charge in [0.2, 0.25) is 0 Å². The first kappa shape index (κ1) is 17.1. The largest absolute Gasteiger partial charge is 0.341 e. The lowest BCUT2D eigenvalue weighted by molar-refractivity contribution is 1.08. The average Bonchev–Trinajstić information content (AvgIpc) is 3.14. The predicted octanol–water partition coefficient (Wildman–Crippen LogP) is 4.54. The van der Waals surface area contributed by atoms with Crippen molar-refractivity contribution in [2.24, 2.45) is 4.99 Å². The number of nitrogens with zero attached hydrogens (tertiary/aromatic N) is 4. The van der Waals surface area contributed by atoms with E-state index in [0.717, 1.165) is 53.1 Å². The van der Waals surface area contributed by atoms with Crippen LogP contribution >= 0.6 is 0 Å². The number of aryl methyl sites for hydroxylation is 1. The molecule has 3 aromatic heterocycles. The van der Waals surface area contributed by atoms with Crippen molar-refractivity contribution in [3.63, 3.8) is 0 Å². The molecule has 0 aliphatic carbocycles. The second-order valence-corrected chi connectivity index (χ2v) is 6.50. The number of imidazole rings is 1. The Labute approximate surface area is 157 Å². The Hall–Kier alpha value is -3.28. The summed E-state index contributed by atoms with van der Waals surface area (Å²) in [5.74, 6) is 0.796. The van der Waals surface area contributed by atoms with Gasteiger partial charge in [-0.3, -0.25) is 10.1 Å². The molecule has 4 rings (SSSR count). The molecule has 3 aromatic rings. The van der Waals surface area contributed by atoms with Crippen LogP contribution in [-0.2, 0) is 6.42 Å². The van der Waals surface area contributed by atoms with Gasteiger partial charge in [0, 0.05) is 37.1 Å². The molecule has 2 N–H and O–H groups in total. The van der Waals surface area contributed by atoms with Gasteiger partial charge in [0.25, 0.3) is 0 Å². The maximum absolute atomic E-state index is 4.78. The summed E-state index contributed by atoms with van der Waals surface area (Å²) < 4.78 is 0. The first-order chi connectivity index (χ1) is 13.3. The van der Waals surface area contributed by atoms with E-state index in [-0.39, 0.29) is 0 Å². The first-order valence-corrected chi connectivity index (χ1v) is 9.19. The smallest absolute Gasteiger partial charge is 0.181 e. The normalized spacial score (nSPS) is 14.2. The van der Waals surface area contributed by atoms with Gasteiger partial charge in [0.05, 0.1) is 11.1 Å². The molecule has 0 bridgehead atoms. The number of fused-ring (bicyclic) bond motifs is 1. The number of allylic oxidation sites excluding steroid dienone is 5. The molecule has 0 amide bonds. The number of rotatable bonds is 5. The van der Waals surface area contributed by atoms with Gasteiger partial charge in [0.15, 0.2) is 11.5 Å². The molecule has 4 heterocycles. The molecule has 0 fully saturated rings. The van der Waals surface area contributed by atoms with Crippen molar-refractivity contribution in [3.05, 3.63) is 59.7 Å². The second-order valence-electron chi connectivity index (χ2n) is 6.50. The number of aliphatic imine (C=N–C) groups is 1. The van der Waals surface area contributed by atoms with Crippen LogP contribution in [0.2, 0.25) is 0 Å². The van der Waals surface area contributed by atoms with Crippen molar-refractivity contribution in [2.75, 3.05) is 0 Å². The highest BCUT2D eigenvalue weighted by atomic mass is 15.2. The Morgan fingerprint density at radius 2 is 2.19 bits per heavy atom. The SMILES string of the molecule is CC/C=C\Cc1nc(-c2[nH]nc3ncc(C4=CC=CN=CC4)cc23)[nH]c1C. The lowest BCUT2D eigenvalue weighted by atomic mass is 10.0. The maximum Gasteiger partial charge on any atom is 0.181 e. The van der Waals surface area contributed by atoms with Crippen LogP contribution in [0.1, 0.15) is 36.7 Å². The van der Waals surface area contributed by atoms with Crippen molar-refractivity contribution in [1.29, 1.82) is 0 Å². The van der Waals surface area contributed by atoms with Crippen LogP contribution in [0.5, 0.6) is 0 Å². The molecule has 0 spiro atoms. The van der Waals surface area contributed by atoms with Crippen LogP contribution < -0.4 is 0 Å². The van der Waals surface area contributed by atoms with Crippen molar-refractivity contribution < 1.29 is 0 Å². The van der Waals surface area contributed by atoms with E-state index in [1.54, 1.807) is 6.20 Å². The molecule has 1 aliphatic rings. The van der Waals surface area contributed by atoms with E-state index in [9.17, 15) is 0 Å². The van der Waals surface area contributed by atoms with Crippen LogP contribution in [0, 0.1) is 6.92 Å². The number of hydrogen-bond donors (Lipinski definition) is 2. The fourth-order valence-corrected chi connectivity index (χ4v) is 3.13. The quantitative estimate of drug-likeness (QED) is 0.657. The van der Waals surface area contributed by atoms with Gasteiger partial charge in [-0.05, 0) is 36.6 Å². The molecule has 0 unspecified atom stereocenters. The number of hydrogen-bond acceptors (Lipinski definition) is 4. The van der Waals surface area contributed by atoms with Gasteiger partial charge in [-0.25, -0.2) is 9.97 Å². The van der Waals surface area contributed by atoms with Crippen LogP contribution in [0.25, 0.3) is 28.1 Å². The monoisotopic (exact) mass is 358 g/mol. The van der Waals surface area contributed by atoms with Crippen LogP contribution in [0.15, 0.2) is 47.8 Å². The molecule has 0 aromatic carbocycles. The zero-order valence-electron chi connectivity index (χ0n) is 15.5. The molecular formula is C21H22N6. The third kappa shape index (κ3) is 3.51. The molecule has 6 heteroatoms. The van der Waals surface area contributed by atoms with Crippen molar-refractivity contribution in [1.82, 2.24) is 25.1 Å². The predicted molar refractivity (Wildman–Crippen MR) is 110 cm³/mol. The number of aromatic nitrogens is 5. The van der Waals surface area contributed by atoms with Gasteiger partial charge in [0.1, 0.15) is 5.69 Å². The van der Waals surface area contributed by atoms with E-state index >= 15 is 0 Å². The van der Waals surface area contributed by atoms with E-state index < -0.39 is 0 Å². The number of H-pyrrole nitrogens is 2. The third-order valence-electron chi connectivity index (χ3n) is 4.60. The van der Waals surface area contributed by atoms with Crippen molar-refractivity contribution in [2.45, 2.75) is 33.1 Å². The van der Waals surface area contributed by atoms with Gasteiger partial charge >= 0.3 is 0 Å². The molecule has 0 radical (unpaired) electrons. The standard InChI is InChI=1S/C21H22N6/c1-3-4-5-8-18-14(2)24-21(25-18)19-17-12-16(13-23-20(17)27-26-19)15-7-6-10-22-11-9-15/h4-7,10-13H,3,8-9H2,1-2H3,(H,24,25)(H,23,26,27)/b5-4-. The molecule has 0 saturated heterocycles. The van der Waals surface area contributed by atoms with E-state index in [1.807, 2.05) is 18.5 Å². The molecule has 0 saturated carbocycles. The first-order valence-electron chi connectivity index (χ1n) is 9.19. The topological polar surface area (TPSA) is 82.6 Å². The zero-order chi connectivity index (χ0) is 18.6. The molecule has 1 aliphatic heterocycles. The van der Waals surface area contributed by atoms with Crippen LogP contribution in [-0.4, -0.2) is 31.4 Å². The molecule has 6 nitrogen and oxygen atoms in total.